The third kappa shape index (κ3) is 1.51. The van der Waals surface area contributed by atoms with Gasteiger partial charge in [0.05, 0.1) is 0 Å². The average Bonchev–Trinajstić information content (AvgIpc) is 2.31. The van der Waals surface area contributed by atoms with Crippen molar-refractivity contribution in [2.75, 3.05) is 0 Å². The topological polar surface area (TPSA) is 52.0 Å². The first-order valence-corrected chi connectivity index (χ1v) is 2.76. The predicted molar refractivity (Wildman–Crippen MR) is 29.4 cm³/mol. The Morgan fingerprint density at radius 1 is 1.55 bits per heavy atom. The molecule has 1 rings (SSSR count). The van der Waals surface area contributed by atoms with Crippen LogP contribution in [0.15, 0.2) is 10.8 Å². The van der Waals surface area contributed by atoms with Crippen molar-refractivity contribution in [3.63, 3.8) is 0 Å². The number of hydrogen-bond acceptors (Lipinski definition) is 3. The molecule has 0 radical (unpaired) electrons. The number of alkyl halides is 3. The largest absolute Gasteiger partial charge is 0.437 e. The summed E-state index contributed by atoms with van der Waals surface area (Å²) in [7, 11) is 0. The maximum absolute atomic E-state index is 11.9. The Hall–Kier alpha value is -1.04. The van der Waals surface area contributed by atoms with E-state index in [1.165, 1.54) is 0 Å². The lowest BCUT2D eigenvalue weighted by Crippen LogP contribution is -2.10. The molecule has 0 atom stereocenters. The van der Waals surface area contributed by atoms with Crippen LogP contribution in [0.3, 0.4) is 0 Å². The predicted octanol–water partition coefficient (Wildman–Crippen LogP) is 1.15. The summed E-state index contributed by atoms with van der Waals surface area (Å²) in [5.74, 6) is 0. The van der Waals surface area contributed by atoms with Gasteiger partial charge in [-0.1, -0.05) is 5.16 Å². The van der Waals surface area contributed by atoms with Gasteiger partial charge in [0.1, 0.15) is 6.26 Å². The molecular weight excluding hydrogens is 161 g/mol. The highest BCUT2D eigenvalue weighted by molar-refractivity contribution is 5.16. The van der Waals surface area contributed by atoms with E-state index in [2.05, 4.69) is 9.68 Å². The van der Waals surface area contributed by atoms with E-state index in [0.29, 0.717) is 0 Å². The second-order valence-corrected chi connectivity index (χ2v) is 1.89. The van der Waals surface area contributed by atoms with Gasteiger partial charge >= 0.3 is 6.18 Å². The molecule has 0 saturated heterocycles. The summed E-state index contributed by atoms with van der Waals surface area (Å²) in [5, 5.41) is 2.78. The van der Waals surface area contributed by atoms with E-state index >= 15 is 0 Å². The zero-order valence-electron chi connectivity index (χ0n) is 5.35. The van der Waals surface area contributed by atoms with E-state index in [0.717, 1.165) is 6.26 Å². The van der Waals surface area contributed by atoms with Crippen LogP contribution >= 0.6 is 0 Å². The summed E-state index contributed by atoms with van der Waals surface area (Å²) < 4.78 is 39.8. The number of aromatic nitrogens is 1. The number of nitrogens with zero attached hydrogens (tertiary/aromatic N) is 1. The summed E-state index contributed by atoms with van der Waals surface area (Å²) >= 11 is 0. The molecule has 2 N–H and O–H groups in total. The van der Waals surface area contributed by atoms with Crippen LogP contribution in [0.5, 0.6) is 0 Å². The third-order valence-corrected chi connectivity index (χ3v) is 1.13. The molecule has 0 amide bonds. The van der Waals surface area contributed by atoms with E-state index in [1.54, 1.807) is 0 Å². The van der Waals surface area contributed by atoms with Gasteiger partial charge in [-0.3, -0.25) is 0 Å². The monoisotopic (exact) mass is 166 g/mol. The Morgan fingerprint density at radius 2 is 2.18 bits per heavy atom. The zero-order chi connectivity index (χ0) is 8.48. The Morgan fingerprint density at radius 3 is 2.55 bits per heavy atom. The lowest BCUT2D eigenvalue weighted by Gasteiger charge is -2.01. The molecule has 0 unspecified atom stereocenters. The van der Waals surface area contributed by atoms with Gasteiger partial charge in [-0.15, -0.1) is 0 Å². The molecule has 11 heavy (non-hydrogen) atoms. The van der Waals surface area contributed by atoms with Crippen molar-refractivity contribution in [3.05, 3.63) is 17.5 Å². The fourth-order valence-electron chi connectivity index (χ4n) is 0.636. The van der Waals surface area contributed by atoms with Gasteiger partial charge < -0.3 is 10.3 Å². The van der Waals surface area contributed by atoms with Gasteiger partial charge in [0.25, 0.3) is 0 Å². The summed E-state index contributed by atoms with van der Waals surface area (Å²) in [5.41, 5.74) is 3.82. The Kier molecular flexibility index (Phi) is 1.86. The number of nitrogens with two attached hydrogens (primary N) is 1. The maximum atomic E-state index is 11.9. The fraction of sp³-hybridized carbons (Fsp3) is 0.400. The molecule has 0 bridgehead atoms. The first kappa shape index (κ1) is 8.06. The molecule has 0 saturated carbocycles. The standard InChI is InChI=1S/C5H5F3N2O/c6-5(7,8)4-3(1-9)2-11-10-4/h2H,1,9H2. The van der Waals surface area contributed by atoms with E-state index in [4.69, 9.17) is 5.73 Å². The molecule has 0 spiro atoms. The molecule has 1 aromatic rings. The molecule has 1 heterocycles. The lowest BCUT2D eigenvalue weighted by molar-refractivity contribution is -0.143. The minimum absolute atomic E-state index is 0.127. The minimum Gasteiger partial charge on any atom is -0.364 e. The Balaban J connectivity index is 3.02. The van der Waals surface area contributed by atoms with Crippen molar-refractivity contribution in [1.82, 2.24) is 5.16 Å². The smallest absolute Gasteiger partial charge is 0.364 e. The minimum atomic E-state index is -4.47. The highest BCUT2D eigenvalue weighted by atomic mass is 19.4. The van der Waals surface area contributed by atoms with Gasteiger partial charge in [-0.05, 0) is 0 Å². The van der Waals surface area contributed by atoms with Crippen molar-refractivity contribution in [3.8, 4) is 0 Å². The average molecular weight is 166 g/mol. The van der Waals surface area contributed by atoms with Crippen LogP contribution < -0.4 is 5.73 Å². The summed E-state index contributed by atoms with van der Waals surface area (Å²) in [6, 6.07) is 0. The first-order valence-electron chi connectivity index (χ1n) is 2.76. The summed E-state index contributed by atoms with van der Waals surface area (Å²) in [6.45, 7) is -0.224. The Bertz CT molecular complexity index is 242. The molecule has 6 heteroatoms. The summed E-state index contributed by atoms with van der Waals surface area (Å²) in [6.07, 6.45) is -3.58. The van der Waals surface area contributed by atoms with Crippen LogP contribution in [0.2, 0.25) is 0 Å². The third-order valence-electron chi connectivity index (χ3n) is 1.13. The maximum Gasteiger partial charge on any atom is 0.437 e. The molecule has 0 aliphatic rings. The molecule has 3 nitrogen and oxygen atoms in total. The van der Waals surface area contributed by atoms with E-state index < -0.39 is 11.9 Å². The Labute approximate surface area is 60.0 Å². The van der Waals surface area contributed by atoms with Gasteiger partial charge in [-0.25, -0.2) is 0 Å². The second kappa shape index (κ2) is 2.54. The quantitative estimate of drug-likeness (QED) is 0.680. The van der Waals surface area contributed by atoms with Crippen molar-refractivity contribution < 1.29 is 17.7 Å². The van der Waals surface area contributed by atoms with Gasteiger partial charge in [0.15, 0.2) is 5.69 Å². The lowest BCUT2D eigenvalue weighted by atomic mass is 10.2. The van der Waals surface area contributed by atoms with Crippen molar-refractivity contribution in [2.45, 2.75) is 12.7 Å². The number of rotatable bonds is 1. The van der Waals surface area contributed by atoms with Crippen LogP contribution in [0, 0.1) is 0 Å². The molecule has 0 aliphatic heterocycles. The number of hydrogen-bond donors (Lipinski definition) is 1. The molecular formula is C5H5F3N2O. The van der Waals surface area contributed by atoms with Crippen molar-refractivity contribution in [1.29, 1.82) is 0 Å². The SMILES string of the molecule is NCc1conc1C(F)(F)F. The van der Waals surface area contributed by atoms with Gasteiger partial charge in [0, 0.05) is 12.1 Å². The number of halogens is 3. The van der Waals surface area contributed by atoms with Gasteiger partial charge in [-0.2, -0.15) is 13.2 Å². The highest BCUT2D eigenvalue weighted by Gasteiger charge is 2.36. The van der Waals surface area contributed by atoms with Crippen LogP contribution in [-0.4, -0.2) is 5.16 Å². The van der Waals surface area contributed by atoms with E-state index in [-0.39, 0.29) is 12.1 Å². The van der Waals surface area contributed by atoms with Crippen molar-refractivity contribution in [2.24, 2.45) is 5.73 Å². The molecule has 62 valence electrons. The van der Waals surface area contributed by atoms with Gasteiger partial charge in [0.2, 0.25) is 0 Å². The van der Waals surface area contributed by atoms with Crippen LogP contribution in [0.1, 0.15) is 11.3 Å². The van der Waals surface area contributed by atoms with Crippen LogP contribution in [-0.2, 0) is 12.7 Å². The second-order valence-electron chi connectivity index (χ2n) is 1.89. The van der Waals surface area contributed by atoms with Crippen molar-refractivity contribution >= 4 is 0 Å². The highest BCUT2D eigenvalue weighted by Crippen LogP contribution is 2.30. The van der Waals surface area contributed by atoms with Crippen LogP contribution in [0.25, 0.3) is 0 Å². The molecule has 0 fully saturated rings. The summed E-state index contributed by atoms with van der Waals surface area (Å²) in [4.78, 5) is 0. The van der Waals surface area contributed by atoms with Crippen LogP contribution in [0.4, 0.5) is 13.2 Å². The fourth-order valence-corrected chi connectivity index (χ4v) is 0.636. The first-order chi connectivity index (χ1) is 5.05. The van der Waals surface area contributed by atoms with E-state index in [1.807, 2.05) is 0 Å². The molecule has 1 aromatic heterocycles. The molecule has 0 aliphatic carbocycles. The van der Waals surface area contributed by atoms with E-state index in [9.17, 15) is 13.2 Å². The normalized spacial score (nSPS) is 12.0. The molecule has 0 aromatic carbocycles. The zero-order valence-corrected chi connectivity index (χ0v) is 5.35.